The molecule has 0 amide bonds. The monoisotopic (exact) mass is 399 g/mol. The molecular formula is C14H19Cl2NO4S2. The lowest BCUT2D eigenvalue weighted by Gasteiger charge is -2.19. The summed E-state index contributed by atoms with van der Waals surface area (Å²) in [6, 6.07) is 3.08. The Labute approximate surface area is 151 Å². The number of sulfonamides is 1. The van der Waals surface area contributed by atoms with E-state index in [1.807, 2.05) is 6.26 Å². The molecule has 0 fully saturated rings. The van der Waals surface area contributed by atoms with Gasteiger partial charge in [-0.1, -0.05) is 23.2 Å². The van der Waals surface area contributed by atoms with E-state index in [0.717, 1.165) is 0 Å². The van der Waals surface area contributed by atoms with Crippen LogP contribution in [0.15, 0.2) is 23.1 Å². The van der Waals surface area contributed by atoms with Gasteiger partial charge < -0.3 is 4.74 Å². The summed E-state index contributed by atoms with van der Waals surface area (Å²) in [5, 5.41) is 0.318. The van der Waals surface area contributed by atoms with Crippen molar-refractivity contribution in [1.82, 2.24) is 4.72 Å². The SMILES string of the molecule is CSCCC(NS(=O)(=O)c1ccc(Cl)cc1Cl)C(=O)OC(C)C. The Balaban J connectivity index is 3.02. The average Bonchev–Trinajstić information content (AvgIpc) is 2.42. The number of rotatable bonds is 8. The molecule has 1 atom stereocenters. The van der Waals surface area contributed by atoms with Gasteiger partial charge in [0.1, 0.15) is 10.9 Å². The van der Waals surface area contributed by atoms with Crippen molar-refractivity contribution in [2.75, 3.05) is 12.0 Å². The fraction of sp³-hybridized carbons (Fsp3) is 0.500. The predicted octanol–water partition coefficient (Wildman–Crippen LogP) is 3.35. The Hall–Kier alpha value is -0.470. The molecule has 1 aromatic carbocycles. The van der Waals surface area contributed by atoms with Gasteiger partial charge in [-0.2, -0.15) is 16.5 Å². The number of benzene rings is 1. The molecule has 0 radical (unpaired) electrons. The Kier molecular flexibility index (Phi) is 8.17. The summed E-state index contributed by atoms with van der Waals surface area (Å²) in [5.41, 5.74) is 0. The van der Waals surface area contributed by atoms with E-state index in [2.05, 4.69) is 4.72 Å². The largest absolute Gasteiger partial charge is 0.462 e. The molecule has 0 aromatic heterocycles. The number of ether oxygens (including phenoxy) is 1. The van der Waals surface area contributed by atoms with Crippen LogP contribution in [0.5, 0.6) is 0 Å². The molecule has 0 aliphatic carbocycles. The molecule has 5 nitrogen and oxygen atoms in total. The van der Waals surface area contributed by atoms with Crippen LogP contribution in [0.3, 0.4) is 0 Å². The van der Waals surface area contributed by atoms with E-state index >= 15 is 0 Å². The third-order valence-electron chi connectivity index (χ3n) is 2.73. The molecule has 0 heterocycles. The first kappa shape index (κ1) is 20.6. The van der Waals surface area contributed by atoms with Gasteiger partial charge in [0.15, 0.2) is 0 Å². The van der Waals surface area contributed by atoms with Crippen LogP contribution < -0.4 is 4.72 Å². The topological polar surface area (TPSA) is 72.5 Å². The highest BCUT2D eigenvalue weighted by atomic mass is 35.5. The minimum absolute atomic E-state index is 0.00848. The smallest absolute Gasteiger partial charge is 0.324 e. The standard InChI is InChI=1S/C14H19Cl2NO4S2/c1-9(2)21-14(18)12(6-7-22-3)17-23(19,20)13-5-4-10(15)8-11(13)16/h4-5,8-9,12,17H,6-7H2,1-3H3. The van der Waals surface area contributed by atoms with Crippen molar-refractivity contribution in [2.45, 2.75) is 37.3 Å². The fourth-order valence-electron chi connectivity index (χ4n) is 1.72. The molecule has 1 aromatic rings. The number of esters is 1. The van der Waals surface area contributed by atoms with Crippen LogP contribution in [-0.4, -0.2) is 38.5 Å². The first-order valence-electron chi connectivity index (χ1n) is 6.84. The molecule has 0 saturated carbocycles. The Morgan fingerprint density at radius 1 is 1.35 bits per heavy atom. The third kappa shape index (κ3) is 6.51. The van der Waals surface area contributed by atoms with E-state index in [9.17, 15) is 13.2 Å². The van der Waals surface area contributed by atoms with Gasteiger partial charge in [0.25, 0.3) is 0 Å². The molecule has 9 heteroatoms. The lowest BCUT2D eigenvalue weighted by Crippen LogP contribution is -2.43. The summed E-state index contributed by atoms with van der Waals surface area (Å²) in [7, 11) is -3.97. The Morgan fingerprint density at radius 3 is 2.52 bits per heavy atom. The summed E-state index contributed by atoms with van der Waals surface area (Å²) in [6.07, 6.45) is 1.86. The van der Waals surface area contributed by atoms with Crippen molar-refractivity contribution in [3.63, 3.8) is 0 Å². The molecule has 130 valence electrons. The normalized spacial score (nSPS) is 13.1. The maximum Gasteiger partial charge on any atom is 0.324 e. The minimum atomic E-state index is -3.97. The van der Waals surface area contributed by atoms with Gasteiger partial charge in [-0.3, -0.25) is 4.79 Å². The molecule has 1 N–H and O–H groups in total. The number of carbonyl (C=O) groups excluding carboxylic acids is 1. The van der Waals surface area contributed by atoms with E-state index in [0.29, 0.717) is 17.2 Å². The van der Waals surface area contributed by atoms with Gasteiger partial charge in [-0.05, 0) is 50.5 Å². The van der Waals surface area contributed by atoms with Crippen molar-refractivity contribution in [1.29, 1.82) is 0 Å². The zero-order chi connectivity index (χ0) is 17.6. The van der Waals surface area contributed by atoms with Crippen molar-refractivity contribution >= 4 is 51.0 Å². The molecule has 0 aliphatic rings. The van der Waals surface area contributed by atoms with Gasteiger partial charge in [-0.25, -0.2) is 8.42 Å². The number of carbonyl (C=O) groups is 1. The summed E-state index contributed by atoms with van der Waals surface area (Å²) in [5.74, 6) is -0.00272. The lowest BCUT2D eigenvalue weighted by atomic mass is 10.2. The second-order valence-electron chi connectivity index (χ2n) is 5.02. The van der Waals surface area contributed by atoms with Gasteiger partial charge in [0, 0.05) is 5.02 Å². The van der Waals surface area contributed by atoms with E-state index in [4.69, 9.17) is 27.9 Å². The van der Waals surface area contributed by atoms with Crippen LogP contribution in [0, 0.1) is 0 Å². The molecular weight excluding hydrogens is 381 g/mol. The Bertz CT molecular complexity index is 650. The van der Waals surface area contributed by atoms with Gasteiger partial charge in [-0.15, -0.1) is 0 Å². The van der Waals surface area contributed by atoms with Crippen LogP contribution in [0.4, 0.5) is 0 Å². The predicted molar refractivity (Wildman–Crippen MR) is 94.8 cm³/mol. The van der Waals surface area contributed by atoms with Crippen LogP contribution in [0.1, 0.15) is 20.3 Å². The molecule has 1 unspecified atom stereocenters. The number of halogens is 2. The first-order chi connectivity index (χ1) is 10.7. The van der Waals surface area contributed by atoms with Gasteiger partial charge in [0.2, 0.25) is 10.0 Å². The molecule has 1 rings (SSSR count). The summed E-state index contributed by atoms with van der Waals surface area (Å²) < 4.78 is 32.4. The second kappa shape index (κ2) is 9.13. The van der Waals surface area contributed by atoms with E-state index in [1.54, 1.807) is 13.8 Å². The van der Waals surface area contributed by atoms with E-state index in [1.165, 1.54) is 30.0 Å². The lowest BCUT2D eigenvalue weighted by molar-refractivity contribution is -0.149. The highest BCUT2D eigenvalue weighted by Gasteiger charge is 2.28. The molecule has 0 aliphatic heterocycles. The highest BCUT2D eigenvalue weighted by Crippen LogP contribution is 2.25. The number of hydrogen-bond donors (Lipinski definition) is 1. The summed E-state index contributed by atoms with van der Waals surface area (Å²) in [4.78, 5) is 12.0. The highest BCUT2D eigenvalue weighted by molar-refractivity contribution is 7.98. The zero-order valence-electron chi connectivity index (χ0n) is 13.0. The van der Waals surface area contributed by atoms with Crippen molar-refractivity contribution < 1.29 is 17.9 Å². The van der Waals surface area contributed by atoms with Gasteiger partial charge in [0.05, 0.1) is 11.1 Å². The van der Waals surface area contributed by atoms with Crippen molar-refractivity contribution in [3.05, 3.63) is 28.2 Å². The summed E-state index contributed by atoms with van der Waals surface area (Å²) in [6.45, 7) is 3.40. The van der Waals surface area contributed by atoms with Crippen LogP contribution in [0.2, 0.25) is 10.0 Å². The number of hydrogen-bond acceptors (Lipinski definition) is 5. The third-order valence-corrected chi connectivity index (χ3v) is 5.56. The van der Waals surface area contributed by atoms with E-state index < -0.39 is 22.0 Å². The maximum atomic E-state index is 12.5. The van der Waals surface area contributed by atoms with Crippen molar-refractivity contribution in [3.8, 4) is 0 Å². The molecule has 23 heavy (non-hydrogen) atoms. The van der Waals surface area contributed by atoms with Crippen molar-refractivity contribution in [2.24, 2.45) is 0 Å². The average molecular weight is 400 g/mol. The number of thioether (sulfide) groups is 1. The number of nitrogens with one attached hydrogen (secondary N) is 1. The molecule has 0 bridgehead atoms. The Morgan fingerprint density at radius 2 is 2.00 bits per heavy atom. The minimum Gasteiger partial charge on any atom is -0.462 e. The second-order valence-corrected chi connectivity index (χ2v) is 8.53. The molecule has 0 spiro atoms. The quantitative estimate of drug-likeness (QED) is 0.678. The first-order valence-corrected chi connectivity index (χ1v) is 10.5. The fourth-order valence-corrected chi connectivity index (χ4v) is 4.18. The van der Waals surface area contributed by atoms with E-state index in [-0.39, 0.29) is 16.0 Å². The maximum absolute atomic E-state index is 12.5. The zero-order valence-corrected chi connectivity index (χ0v) is 16.2. The van der Waals surface area contributed by atoms with Crippen LogP contribution in [-0.2, 0) is 19.6 Å². The molecule has 0 saturated heterocycles. The van der Waals surface area contributed by atoms with Gasteiger partial charge >= 0.3 is 5.97 Å². The van der Waals surface area contributed by atoms with Crippen LogP contribution >= 0.6 is 35.0 Å². The summed E-state index contributed by atoms with van der Waals surface area (Å²) >= 11 is 13.2. The van der Waals surface area contributed by atoms with Crippen LogP contribution in [0.25, 0.3) is 0 Å².